The predicted octanol–water partition coefficient (Wildman–Crippen LogP) is 6.93. The number of hydrogen-bond acceptors (Lipinski definition) is 5. The van der Waals surface area contributed by atoms with Crippen LogP contribution in [0.4, 0.5) is 0 Å². The number of unbranched alkanes of at least 4 members (excludes halogenated alkanes) is 1. The standard InChI is InChI=1S/C32H33NO6S/c1-22-7-5-8-23(2)32(22)39-18-4-3-17-38-26-15-12-24(13-16-26)11-14-25-9-6-10-27-28(40-21-30(36)37)19-33(31(25)27)20-29(34)35/h5-16,19H,3-4,17-18,20-21H2,1-2H3,(H,34,35)(H,36,37)/b14-11+. The van der Waals surface area contributed by atoms with Crippen LogP contribution in [0.1, 0.15) is 35.1 Å². The summed E-state index contributed by atoms with van der Waals surface area (Å²) < 4.78 is 13.5. The number of ether oxygens (including phenoxy) is 2. The summed E-state index contributed by atoms with van der Waals surface area (Å²) in [5.74, 6) is -0.215. The Morgan fingerprint density at radius 2 is 1.52 bits per heavy atom. The van der Waals surface area contributed by atoms with E-state index >= 15 is 0 Å². The number of benzene rings is 3. The minimum Gasteiger partial charge on any atom is -0.494 e. The van der Waals surface area contributed by atoms with Gasteiger partial charge in [-0.3, -0.25) is 9.59 Å². The van der Waals surface area contributed by atoms with Gasteiger partial charge in [0.05, 0.1) is 24.5 Å². The van der Waals surface area contributed by atoms with Crippen LogP contribution in [-0.4, -0.2) is 45.7 Å². The van der Waals surface area contributed by atoms with Crippen LogP contribution in [0, 0.1) is 13.8 Å². The molecule has 40 heavy (non-hydrogen) atoms. The maximum atomic E-state index is 11.5. The number of para-hydroxylation sites is 2. The fourth-order valence-corrected chi connectivity index (χ4v) is 5.27. The van der Waals surface area contributed by atoms with Crippen LogP contribution in [0.25, 0.3) is 23.1 Å². The number of thioether (sulfide) groups is 1. The molecule has 2 N–H and O–H groups in total. The fraction of sp³-hybridized carbons (Fsp3) is 0.250. The van der Waals surface area contributed by atoms with Crippen LogP contribution >= 0.6 is 11.8 Å². The molecule has 0 radical (unpaired) electrons. The van der Waals surface area contributed by atoms with E-state index in [4.69, 9.17) is 14.6 Å². The number of carboxylic acid groups (broad SMARTS) is 2. The van der Waals surface area contributed by atoms with Gasteiger partial charge < -0.3 is 24.3 Å². The SMILES string of the molecule is Cc1cccc(C)c1OCCCCOc1ccc(/C=C/c2cccc3c(SCC(=O)O)cn(CC(=O)O)c23)cc1. The maximum Gasteiger partial charge on any atom is 0.323 e. The Balaban J connectivity index is 1.34. The van der Waals surface area contributed by atoms with E-state index in [9.17, 15) is 14.7 Å². The predicted molar refractivity (Wildman–Crippen MR) is 159 cm³/mol. The van der Waals surface area contributed by atoms with Crippen LogP contribution in [-0.2, 0) is 16.1 Å². The van der Waals surface area contributed by atoms with E-state index in [2.05, 4.69) is 26.0 Å². The molecule has 0 aliphatic carbocycles. The first-order chi connectivity index (χ1) is 19.3. The molecule has 3 aromatic carbocycles. The highest BCUT2D eigenvalue weighted by molar-refractivity contribution is 8.00. The highest BCUT2D eigenvalue weighted by Crippen LogP contribution is 2.33. The summed E-state index contributed by atoms with van der Waals surface area (Å²) in [6, 6.07) is 19.7. The molecular weight excluding hydrogens is 526 g/mol. The van der Waals surface area contributed by atoms with Crippen molar-refractivity contribution in [1.82, 2.24) is 4.57 Å². The van der Waals surface area contributed by atoms with Gasteiger partial charge in [-0.1, -0.05) is 60.7 Å². The summed E-state index contributed by atoms with van der Waals surface area (Å²) in [5, 5.41) is 19.3. The lowest BCUT2D eigenvalue weighted by molar-refractivity contribution is -0.137. The summed E-state index contributed by atoms with van der Waals surface area (Å²) in [6.45, 7) is 5.17. The second-order valence-corrected chi connectivity index (χ2v) is 10.5. The third kappa shape index (κ3) is 7.70. The molecule has 4 aromatic rings. The molecule has 1 aromatic heterocycles. The van der Waals surface area contributed by atoms with Gasteiger partial charge in [-0.15, -0.1) is 11.8 Å². The quantitative estimate of drug-likeness (QED) is 0.0982. The topological polar surface area (TPSA) is 98.0 Å². The monoisotopic (exact) mass is 559 g/mol. The second-order valence-electron chi connectivity index (χ2n) is 9.47. The minimum atomic E-state index is -0.963. The average molecular weight is 560 g/mol. The normalized spacial score (nSPS) is 11.2. The Hall–Kier alpha value is -4.17. The molecule has 0 amide bonds. The van der Waals surface area contributed by atoms with Gasteiger partial charge in [-0.2, -0.15) is 0 Å². The smallest absolute Gasteiger partial charge is 0.323 e. The third-order valence-electron chi connectivity index (χ3n) is 6.35. The second kappa shape index (κ2) is 13.8. The number of aryl methyl sites for hydroxylation is 2. The Kier molecular flexibility index (Phi) is 9.91. The van der Waals surface area contributed by atoms with Crippen molar-refractivity contribution in [2.24, 2.45) is 0 Å². The van der Waals surface area contributed by atoms with Crippen LogP contribution in [0.3, 0.4) is 0 Å². The maximum absolute atomic E-state index is 11.5. The molecule has 0 saturated heterocycles. The van der Waals surface area contributed by atoms with E-state index < -0.39 is 11.9 Å². The lowest BCUT2D eigenvalue weighted by atomic mass is 10.1. The van der Waals surface area contributed by atoms with Crippen LogP contribution in [0.5, 0.6) is 11.5 Å². The molecule has 4 rings (SSSR count). The van der Waals surface area contributed by atoms with Gasteiger partial charge in [-0.25, -0.2) is 0 Å². The van der Waals surface area contributed by atoms with E-state index in [0.29, 0.717) is 13.2 Å². The number of aliphatic carboxylic acids is 2. The molecule has 7 nitrogen and oxygen atoms in total. The van der Waals surface area contributed by atoms with Crippen molar-refractivity contribution in [3.05, 3.63) is 89.1 Å². The molecule has 1 heterocycles. The first-order valence-electron chi connectivity index (χ1n) is 13.1. The van der Waals surface area contributed by atoms with Gasteiger partial charge in [0, 0.05) is 16.5 Å². The van der Waals surface area contributed by atoms with Gasteiger partial charge in [0.25, 0.3) is 0 Å². The van der Waals surface area contributed by atoms with Crippen molar-refractivity contribution in [2.75, 3.05) is 19.0 Å². The van der Waals surface area contributed by atoms with E-state index in [1.165, 1.54) is 11.8 Å². The number of hydrogen-bond donors (Lipinski definition) is 2. The van der Waals surface area contributed by atoms with Crippen molar-refractivity contribution in [3.63, 3.8) is 0 Å². The third-order valence-corrected chi connectivity index (χ3v) is 7.38. The number of fused-ring (bicyclic) bond motifs is 1. The Morgan fingerprint density at radius 1 is 0.850 bits per heavy atom. The van der Waals surface area contributed by atoms with Crippen LogP contribution < -0.4 is 9.47 Å². The Morgan fingerprint density at radius 3 is 2.20 bits per heavy atom. The average Bonchev–Trinajstić information content (AvgIpc) is 3.27. The van der Waals surface area contributed by atoms with Crippen molar-refractivity contribution in [2.45, 2.75) is 38.1 Å². The number of rotatable bonds is 14. The van der Waals surface area contributed by atoms with Gasteiger partial charge in [0.15, 0.2) is 0 Å². The van der Waals surface area contributed by atoms with Crippen molar-refractivity contribution < 1.29 is 29.3 Å². The summed E-state index contributed by atoms with van der Waals surface area (Å²) in [4.78, 5) is 23.3. The molecule has 0 saturated carbocycles. The summed E-state index contributed by atoms with van der Waals surface area (Å²) in [6.07, 6.45) is 7.41. The largest absolute Gasteiger partial charge is 0.494 e. The van der Waals surface area contributed by atoms with Crippen molar-refractivity contribution in [1.29, 1.82) is 0 Å². The Labute approximate surface area is 238 Å². The number of nitrogens with zero attached hydrogens (tertiary/aromatic N) is 1. The molecule has 0 atom stereocenters. The van der Waals surface area contributed by atoms with E-state index in [0.717, 1.165) is 62.4 Å². The number of carbonyl (C=O) groups is 2. The zero-order chi connectivity index (χ0) is 28.5. The summed E-state index contributed by atoms with van der Waals surface area (Å²) in [7, 11) is 0. The van der Waals surface area contributed by atoms with Gasteiger partial charge in [-0.05, 0) is 61.1 Å². The molecule has 0 bridgehead atoms. The number of carboxylic acids is 2. The molecule has 208 valence electrons. The van der Waals surface area contributed by atoms with Crippen LogP contribution in [0.2, 0.25) is 0 Å². The lowest BCUT2D eigenvalue weighted by Crippen LogP contribution is -2.07. The highest BCUT2D eigenvalue weighted by atomic mass is 32.2. The highest BCUT2D eigenvalue weighted by Gasteiger charge is 2.14. The van der Waals surface area contributed by atoms with Gasteiger partial charge >= 0.3 is 11.9 Å². The van der Waals surface area contributed by atoms with Gasteiger partial charge in [0.1, 0.15) is 18.0 Å². The minimum absolute atomic E-state index is 0.0957. The van der Waals surface area contributed by atoms with Crippen LogP contribution in [0.15, 0.2) is 71.8 Å². The number of aromatic nitrogens is 1. The zero-order valence-electron chi connectivity index (χ0n) is 22.6. The molecule has 0 aliphatic heterocycles. The summed E-state index contributed by atoms with van der Waals surface area (Å²) >= 11 is 1.18. The molecule has 0 aliphatic rings. The first-order valence-corrected chi connectivity index (χ1v) is 14.1. The summed E-state index contributed by atoms with van der Waals surface area (Å²) in [5.41, 5.74) is 4.88. The first kappa shape index (κ1) is 28.8. The molecule has 8 heteroatoms. The van der Waals surface area contributed by atoms with E-state index in [-0.39, 0.29) is 12.3 Å². The molecule has 0 spiro atoms. The van der Waals surface area contributed by atoms with Gasteiger partial charge in [0.2, 0.25) is 0 Å². The fourth-order valence-electron chi connectivity index (χ4n) is 4.47. The Bertz CT molecular complexity index is 1490. The van der Waals surface area contributed by atoms with E-state index in [1.807, 2.05) is 60.7 Å². The van der Waals surface area contributed by atoms with Crippen molar-refractivity contribution >= 4 is 46.8 Å². The molecule has 0 fully saturated rings. The zero-order valence-corrected chi connectivity index (χ0v) is 23.4. The molecular formula is C32H33NO6S. The van der Waals surface area contributed by atoms with E-state index in [1.54, 1.807) is 10.8 Å². The molecule has 0 unspecified atom stereocenters. The van der Waals surface area contributed by atoms with Crippen molar-refractivity contribution in [3.8, 4) is 11.5 Å². The lowest BCUT2D eigenvalue weighted by Gasteiger charge is -2.12.